The van der Waals surface area contributed by atoms with Gasteiger partial charge in [0.25, 0.3) is 0 Å². The van der Waals surface area contributed by atoms with Crippen molar-refractivity contribution in [1.29, 1.82) is 0 Å². The second-order valence-electron chi connectivity index (χ2n) is 6.41. The molecule has 0 atom stereocenters. The molecule has 0 unspecified atom stereocenters. The lowest BCUT2D eigenvalue weighted by Gasteiger charge is -2.14. The van der Waals surface area contributed by atoms with E-state index in [-0.39, 0.29) is 24.1 Å². The Kier molecular flexibility index (Phi) is 5.60. The number of nitrogens with one attached hydrogen (secondary N) is 1. The van der Waals surface area contributed by atoms with Gasteiger partial charge in [-0.05, 0) is 37.3 Å². The number of hydrogen-bond donors (Lipinski definition) is 1. The third-order valence-corrected chi connectivity index (χ3v) is 4.11. The first kappa shape index (κ1) is 21.4. The number of nitrogens with zero attached hydrogens (tertiary/aromatic N) is 1. The predicted molar refractivity (Wildman–Crippen MR) is 95.5 cm³/mol. The Labute approximate surface area is 166 Å². The molecule has 158 valence electrons. The summed E-state index contributed by atoms with van der Waals surface area (Å²) in [6.45, 7) is 1.55. The van der Waals surface area contributed by atoms with Crippen molar-refractivity contribution in [3.05, 3.63) is 71.1 Å². The number of hydrogen-bond acceptors (Lipinski definition) is 3. The summed E-state index contributed by atoms with van der Waals surface area (Å²) in [5.74, 6) is -0.281. The van der Waals surface area contributed by atoms with Gasteiger partial charge in [0.05, 0.1) is 23.2 Å². The average Bonchev–Trinajstić information content (AvgIpc) is 3.01. The summed E-state index contributed by atoms with van der Waals surface area (Å²) >= 11 is 0. The molecule has 0 fully saturated rings. The fourth-order valence-electron chi connectivity index (χ4n) is 2.68. The van der Waals surface area contributed by atoms with E-state index in [1.54, 1.807) is 37.3 Å². The molecule has 30 heavy (non-hydrogen) atoms. The van der Waals surface area contributed by atoms with E-state index in [1.807, 2.05) is 0 Å². The molecule has 3 rings (SSSR count). The van der Waals surface area contributed by atoms with Gasteiger partial charge in [-0.25, -0.2) is 4.98 Å². The molecule has 1 N–H and O–H groups in total. The van der Waals surface area contributed by atoms with E-state index in [2.05, 4.69) is 10.3 Å². The minimum atomic E-state index is -5.01. The highest BCUT2D eigenvalue weighted by molar-refractivity contribution is 5.92. The van der Waals surface area contributed by atoms with E-state index < -0.39 is 35.1 Å². The van der Waals surface area contributed by atoms with Crippen LogP contribution in [-0.2, 0) is 23.6 Å². The summed E-state index contributed by atoms with van der Waals surface area (Å²) in [6.07, 6.45) is -10.4. The highest BCUT2D eigenvalue weighted by Crippen LogP contribution is 2.37. The van der Waals surface area contributed by atoms with Gasteiger partial charge in [0.1, 0.15) is 5.76 Å². The van der Waals surface area contributed by atoms with Gasteiger partial charge in [0.15, 0.2) is 0 Å². The van der Waals surface area contributed by atoms with E-state index >= 15 is 0 Å². The van der Waals surface area contributed by atoms with Crippen LogP contribution in [0.1, 0.15) is 22.6 Å². The van der Waals surface area contributed by atoms with Crippen molar-refractivity contribution >= 4 is 11.6 Å². The standard InChI is InChI=1S/C20H14F6N2O2/c1-11-16(28-18(30-11)12-5-3-2-4-6-12)10-17(29)27-15-8-13(19(21,22)23)7-14(9-15)20(24,25)26/h2-9H,10H2,1H3,(H,27,29). The normalized spacial score (nSPS) is 12.1. The Morgan fingerprint density at radius 3 is 2.07 bits per heavy atom. The monoisotopic (exact) mass is 428 g/mol. The van der Waals surface area contributed by atoms with Crippen LogP contribution in [0.15, 0.2) is 52.9 Å². The zero-order valence-electron chi connectivity index (χ0n) is 15.4. The quantitative estimate of drug-likeness (QED) is 0.529. The van der Waals surface area contributed by atoms with Crippen LogP contribution >= 0.6 is 0 Å². The summed E-state index contributed by atoms with van der Waals surface area (Å²) in [6, 6.07) is 9.64. The fourth-order valence-corrected chi connectivity index (χ4v) is 2.68. The zero-order chi connectivity index (χ0) is 22.1. The van der Waals surface area contributed by atoms with Gasteiger partial charge in [0, 0.05) is 11.3 Å². The zero-order valence-corrected chi connectivity index (χ0v) is 15.4. The van der Waals surface area contributed by atoms with Crippen LogP contribution in [0.2, 0.25) is 0 Å². The maximum atomic E-state index is 12.9. The van der Waals surface area contributed by atoms with Crippen LogP contribution < -0.4 is 5.32 Å². The summed E-state index contributed by atoms with van der Waals surface area (Å²) in [4.78, 5) is 16.4. The number of amides is 1. The van der Waals surface area contributed by atoms with E-state index in [0.717, 1.165) is 0 Å². The Morgan fingerprint density at radius 2 is 1.53 bits per heavy atom. The van der Waals surface area contributed by atoms with Crippen molar-refractivity contribution in [2.45, 2.75) is 25.7 Å². The smallest absolute Gasteiger partial charge is 0.416 e. The van der Waals surface area contributed by atoms with Gasteiger partial charge in [-0.15, -0.1) is 0 Å². The highest BCUT2D eigenvalue weighted by atomic mass is 19.4. The fraction of sp³-hybridized carbons (Fsp3) is 0.200. The van der Waals surface area contributed by atoms with Crippen molar-refractivity contribution in [2.75, 3.05) is 5.32 Å². The van der Waals surface area contributed by atoms with Crippen LogP contribution in [0.4, 0.5) is 32.0 Å². The molecular formula is C20H14F6N2O2. The molecule has 2 aromatic carbocycles. The Bertz CT molecular complexity index is 1020. The highest BCUT2D eigenvalue weighted by Gasteiger charge is 2.37. The van der Waals surface area contributed by atoms with Crippen LogP contribution in [0.3, 0.4) is 0 Å². The first-order valence-electron chi connectivity index (χ1n) is 8.54. The molecule has 1 amide bonds. The summed E-state index contributed by atoms with van der Waals surface area (Å²) < 4.78 is 83.1. The molecule has 10 heteroatoms. The molecule has 1 heterocycles. The van der Waals surface area contributed by atoms with E-state index in [4.69, 9.17) is 4.42 Å². The van der Waals surface area contributed by atoms with Crippen LogP contribution in [0.25, 0.3) is 11.5 Å². The van der Waals surface area contributed by atoms with E-state index in [1.165, 1.54) is 0 Å². The van der Waals surface area contributed by atoms with Gasteiger partial charge in [-0.1, -0.05) is 18.2 Å². The summed E-state index contributed by atoms with van der Waals surface area (Å²) in [7, 11) is 0. The second-order valence-corrected chi connectivity index (χ2v) is 6.41. The van der Waals surface area contributed by atoms with Crippen molar-refractivity contribution < 1.29 is 35.6 Å². The third kappa shape index (κ3) is 5.00. The van der Waals surface area contributed by atoms with Gasteiger partial charge < -0.3 is 9.73 Å². The lowest BCUT2D eigenvalue weighted by Crippen LogP contribution is -2.17. The van der Waals surface area contributed by atoms with Crippen LogP contribution in [-0.4, -0.2) is 10.9 Å². The molecule has 0 spiro atoms. The Balaban J connectivity index is 1.82. The van der Waals surface area contributed by atoms with Gasteiger partial charge in [0.2, 0.25) is 11.8 Å². The lowest BCUT2D eigenvalue weighted by molar-refractivity contribution is -0.143. The number of rotatable bonds is 4. The number of aromatic nitrogens is 1. The first-order chi connectivity index (χ1) is 13.9. The van der Waals surface area contributed by atoms with Crippen molar-refractivity contribution in [2.24, 2.45) is 0 Å². The number of oxazole rings is 1. The van der Waals surface area contributed by atoms with E-state index in [0.29, 0.717) is 23.5 Å². The molecule has 0 aliphatic rings. The number of benzene rings is 2. The number of carbonyl (C=O) groups excluding carboxylic acids is 1. The predicted octanol–water partition coefficient (Wildman–Crippen LogP) is 5.87. The van der Waals surface area contributed by atoms with Gasteiger partial charge in [-0.3, -0.25) is 4.79 Å². The van der Waals surface area contributed by atoms with Gasteiger partial charge >= 0.3 is 12.4 Å². The molecule has 0 aliphatic carbocycles. The average molecular weight is 428 g/mol. The molecule has 0 radical (unpaired) electrons. The molecule has 0 saturated carbocycles. The van der Waals surface area contributed by atoms with Crippen molar-refractivity contribution in [3.8, 4) is 11.5 Å². The molecule has 3 aromatic rings. The maximum Gasteiger partial charge on any atom is 0.416 e. The van der Waals surface area contributed by atoms with Crippen molar-refractivity contribution in [1.82, 2.24) is 4.98 Å². The Morgan fingerprint density at radius 1 is 0.967 bits per heavy atom. The first-order valence-corrected chi connectivity index (χ1v) is 8.54. The second kappa shape index (κ2) is 7.85. The molecule has 4 nitrogen and oxygen atoms in total. The largest absolute Gasteiger partial charge is 0.441 e. The number of alkyl halides is 6. The molecule has 1 aromatic heterocycles. The third-order valence-electron chi connectivity index (χ3n) is 4.11. The van der Waals surface area contributed by atoms with Crippen molar-refractivity contribution in [3.63, 3.8) is 0 Å². The van der Waals surface area contributed by atoms with Crippen LogP contribution in [0, 0.1) is 6.92 Å². The minimum absolute atomic E-state index is 0.0103. The molecule has 0 bridgehead atoms. The maximum absolute atomic E-state index is 12.9. The molecular weight excluding hydrogens is 414 g/mol. The molecule has 0 aliphatic heterocycles. The molecule has 0 saturated heterocycles. The Hall–Kier alpha value is -3.30. The topological polar surface area (TPSA) is 55.1 Å². The SMILES string of the molecule is Cc1oc(-c2ccccc2)nc1CC(=O)Nc1cc(C(F)(F)F)cc(C(F)(F)F)c1. The minimum Gasteiger partial charge on any atom is -0.441 e. The number of aryl methyl sites for hydroxylation is 1. The number of anilines is 1. The summed E-state index contributed by atoms with van der Waals surface area (Å²) in [5.41, 5.74) is -2.78. The van der Waals surface area contributed by atoms with Gasteiger partial charge in [-0.2, -0.15) is 26.3 Å². The number of halogens is 6. The van der Waals surface area contributed by atoms with Crippen LogP contribution in [0.5, 0.6) is 0 Å². The lowest BCUT2D eigenvalue weighted by atomic mass is 10.1. The van der Waals surface area contributed by atoms with E-state index in [9.17, 15) is 31.1 Å². The summed E-state index contributed by atoms with van der Waals surface area (Å²) in [5, 5.41) is 2.07. The number of carbonyl (C=O) groups is 1.